The second-order valence-corrected chi connectivity index (χ2v) is 5.74. The van der Waals surface area contributed by atoms with Gasteiger partial charge in [0.25, 0.3) is 0 Å². The summed E-state index contributed by atoms with van der Waals surface area (Å²) in [4.78, 5) is 41.9. The lowest BCUT2D eigenvalue weighted by atomic mass is 10.2. The summed E-state index contributed by atoms with van der Waals surface area (Å²) in [5.74, 6) is 0.379. The van der Waals surface area contributed by atoms with Crippen molar-refractivity contribution < 1.29 is 4.42 Å². The largest absolute Gasteiger partial charge is 0.444 e. The Morgan fingerprint density at radius 2 is 1.44 bits per heavy atom. The highest BCUT2D eigenvalue weighted by atomic mass is 16.3. The number of rotatable bonds is 7. The third-order valence-corrected chi connectivity index (χ3v) is 3.90. The zero-order valence-corrected chi connectivity index (χ0v) is 14.6. The maximum Gasteiger partial charge on any atom is 0.336 e. The molecule has 0 atom stereocenters. The second-order valence-electron chi connectivity index (χ2n) is 5.74. The minimum atomic E-state index is -0.727. The average molecular weight is 366 g/mol. The van der Waals surface area contributed by atoms with Crippen LogP contribution in [0.5, 0.6) is 0 Å². The smallest absolute Gasteiger partial charge is 0.336 e. The van der Waals surface area contributed by atoms with Gasteiger partial charge in [0.05, 0.1) is 25.3 Å². The quantitative estimate of drug-likeness (QED) is 0.587. The van der Waals surface area contributed by atoms with Crippen molar-refractivity contribution in [3.63, 3.8) is 0 Å². The van der Waals surface area contributed by atoms with Crippen molar-refractivity contribution in [1.29, 1.82) is 0 Å². The molecule has 0 unspecified atom stereocenters. The second kappa shape index (κ2) is 7.69. The van der Waals surface area contributed by atoms with Crippen molar-refractivity contribution in [1.82, 2.24) is 18.7 Å². The van der Waals surface area contributed by atoms with Gasteiger partial charge in [-0.25, -0.2) is 33.1 Å². The predicted octanol–water partition coefficient (Wildman–Crippen LogP) is 1.25. The molecule has 8 heteroatoms. The Morgan fingerprint density at radius 3 is 2.00 bits per heavy atom. The molecule has 0 spiro atoms. The molecule has 1 aromatic carbocycles. The van der Waals surface area contributed by atoms with Crippen molar-refractivity contribution in [2.45, 2.75) is 19.6 Å². The van der Waals surface area contributed by atoms with Crippen molar-refractivity contribution in [2.75, 3.05) is 0 Å². The number of nitrogens with zero attached hydrogens (tertiary/aromatic N) is 4. The van der Waals surface area contributed by atoms with Crippen LogP contribution < -0.4 is 17.1 Å². The van der Waals surface area contributed by atoms with E-state index in [4.69, 9.17) is 4.42 Å². The van der Waals surface area contributed by atoms with Crippen molar-refractivity contribution in [2.24, 2.45) is 0 Å². The predicted molar refractivity (Wildman–Crippen MR) is 101 cm³/mol. The highest BCUT2D eigenvalue weighted by molar-refractivity contribution is 5.52. The third kappa shape index (κ3) is 3.50. The van der Waals surface area contributed by atoms with Gasteiger partial charge in [-0.05, 0) is 12.1 Å². The summed E-state index contributed by atoms with van der Waals surface area (Å²) >= 11 is 0. The summed E-state index contributed by atoms with van der Waals surface area (Å²) in [5, 5.41) is 0. The van der Waals surface area contributed by atoms with Crippen LogP contribution in [0.15, 0.2) is 80.7 Å². The van der Waals surface area contributed by atoms with Gasteiger partial charge in [-0.3, -0.25) is 0 Å². The van der Waals surface area contributed by atoms with E-state index in [1.54, 1.807) is 0 Å². The monoisotopic (exact) mass is 366 g/mol. The molecule has 0 aliphatic rings. The molecule has 2 aromatic heterocycles. The fraction of sp³-hybridized carbons (Fsp3) is 0.158. The SMILES string of the molecule is C=CCn1c(=O)n(CC=C)c(=O)n(Cc2coc(-c3ccccc3)n2)c1=O. The first kappa shape index (κ1) is 18.1. The molecule has 0 radical (unpaired) electrons. The molecule has 138 valence electrons. The van der Waals surface area contributed by atoms with E-state index >= 15 is 0 Å². The standard InChI is InChI=1S/C19H18N4O4/c1-3-10-21-17(24)22(11-4-2)19(26)23(18(21)25)12-15-13-27-16(20-15)14-8-6-5-7-9-14/h3-9,13H,1-2,10-12H2. The van der Waals surface area contributed by atoms with Crippen LogP contribution in [0.2, 0.25) is 0 Å². The number of benzene rings is 1. The molecular formula is C19H18N4O4. The Kier molecular flexibility index (Phi) is 5.16. The van der Waals surface area contributed by atoms with Gasteiger partial charge < -0.3 is 4.42 Å². The zero-order valence-electron chi connectivity index (χ0n) is 14.6. The van der Waals surface area contributed by atoms with E-state index in [0.717, 1.165) is 19.3 Å². The van der Waals surface area contributed by atoms with Gasteiger partial charge in [0.15, 0.2) is 0 Å². The Morgan fingerprint density at radius 1 is 0.889 bits per heavy atom. The lowest BCUT2D eigenvalue weighted by molar-refractivity contribution is 0.494. The van der Waals surface area contributed by atoms with Gasteiger partial charge in [-0.1, -0.05) is 30.4 Å². The van der Waals surface area contributed by atoms with E-state index in [-0.39, 0.29) is 19.6 Å². The third-order valence-electron chi connectivity index (χ3n) is 3.90. The van der Waals surface area contributed by atoms with Gasteiger partial charge in [0, 0.05) is 5.56 Å². The first-order valence-corrected chi connectivity index (χ1v) is 8.23. The Hall–Kier alpha value is -3.68. The molecule has 27 heavy (non-hydrogen) atoms. The molecule has 2 heterocycles. The maximum atomic E-state index is 12.6. The molecule has 0 bridgehead atoms. The van der Waals surface area contributed by atoms with Crippen molar-refractivity contribution in [3.8, 4) is 11.5 Å². The number of oxazole rings is 1. The van der Waals surface area contributed by atoms with Gasteiger partial charge in [-0.15, -0.1) is 13.2 Å². The maximum absolute atomic E-state index is 12.6. The molecule has 0 aliphatic heterocycles. The topological polar surface area (TPSA) is 92.0 Å². The highest BCUT2D eigenvalue weighted by Crippen LogP contribution is 2.17. The summed E-state index contributed by atoms with van der Waals surface area (Å²) < 4.78 is 8.27. The molecule has 0 saturated carbocycles. The lowest BCUT2D eigenvalue weighted by Crippen LogP contribution is -2.54. The van der Waals surface area contributed by atoms with E-state index in [1.165, 1.54) is 18.4 Å². The Labute approximate surface area is 154 Å². The van der Waals surface area contributed by atoms with E-state index in [9.17, 15) is 14.4 Å². The number of hydrogen-bond acceptors (Lipinski definition) is 5. The Balaban J connectivity index is 2.07. The molecule has 0 saturated heterocycles. The van der Waals surface area contributed by atoms with Gasteiger partial charge in [0.2, 0.25) is 5.89 Å². The van der Waals surface area contributed by atoms with E-state index in [0.29, 0.717) is 11.6 Å². The fourth-order valence-corrected chi connectivity index (χ4v) is 2.64. The number of aromatic nitrogens is 4. The molecule has 8 nitrogen and oxygen atoms in total. The van der Waals surface area contributed by atoms with Crippen LogP contribution in [0.1, 0.15) is 5.69 Å². The van der Waals surface area contributed by atoms with Crippen LogP contribution in [0.4, 0.5) is 0 Å². The first-order valence-electron chi connectivity index (χ1n) is 8.23. The van der Waals surface area contributed by atoms with Gasteiger partial charge in [-0.2, -0.15) is 0 Å². The summed E-state index contributed by atoms with van der Waals surface area (Å²) in [5.41, 5.74) is -0.992. The molecule has 3 rings (SSSR count). The highest BCUT2D eigenvalue weighted by Gasteiger charge is 2.16. The van der Waals surface area contributed by atoms with Crippen molar-refractivity contribution in [3.05, 3.63) is 99.1 Å². The summed E-state index contributed by atoms with van der Waals surface area (Å²) in [6.45, 7) is 6.94. The van der Waals surface area contributed by atoms with Crippen LogP contribution in [-0.4, -0.2) is 18.7 Å². The number of allylic oxidation sites excluding steroid dienone is 2. The Bertz CT molecular complexity index is 1100. The molecule has 0 amide bonds. The zero-order chi connectivity index (χ0) is 19.4. The van der Waals surface area contributed by atoms with Crippen LogP contribution in [0.25, 0.3) is 11.5 Å². The molecule has 3 aromatic rings. The molecule has 0 N–H and O–H groups in total. The number of hydrogen-bond donors (Lipinski definition) is 0. The molecule has 0 fully saturated rings. The molecule has 0 aliphatic carbocycles. The van der Waals surface area contributed by atoms with Crippen LogP contribution >= 0.6 is 0 Å². The van der Waals surface area contributed by atoms with E-state index < -0.39 is 17.1 Å². The summed E-state index contributed by atoms with van der Waals surface area (Å²) in [7, 11) is 0. The van der Waals surface area contributed by atoms with Crippen LogP contribution in [-0.2, 0) is 19.6 Å². The van der Waals surface area contributed by atoms with E-state index in [1.807, 2.05) is 30.3 Å². The minimum absolute atomic E-state index is 0.0107. The minimum Gasteiger partial charge on any atom is -0.444 e. The van der Waals surface area contributed by atoms with Crippen LogP contribution in [0.3, 0.4) is 0 Å². The normalized spacial score (nSPS) is 10.7. The first-order chi connectivity index (χ1) is 13.1. The van der Waals surface area contributed by atoms with Crippen molar-refractivity contribution >= 4 is 0 Å². The molecular weight excluding hydrogens is 348 g/mol. The lowest BCUT2D eigenvalue weighted by Gasteiger charge is -2.11. The average Bonchev–Trinajstić information content (AvgIpc) is 3.15. The van der Waals surface area contributed by atoms with Gasteiger partial charge in [0.1, 0.15) is 6.26 Å². The van der Waals surface area contributed by atoms with Gasteiger partial charge >= 0.3 is 17.1 Å². The van der Waals surface area contributed by atoms with E-state index in [2.05, 4.69) is 18.1 Å². The summed E-state index contributed by atoms with van der Waals surface area (Å²) in [6.07, 6.45) is 4.22. The van der Waals surface area contributed by atoms with Crippen LogP contribution in [0, 0.1) is 0 Å². The fourth-order valence-electron chi connectivity index (χ4n) is 2.64. The summed E-state index contributed by atoms with van der Waals surface area (Å²) in [6, 6.07) is 9.25.